The Morgan fingerprint density at radius 3 is 2.53 bits per heavy atom. The van der Waals surface area contributed by atoms with Gasteiger partial charge in [-0.25, -0.2) is 4.39 Å². The normalized spacial score (nSPS) is 10.1. The van der Waals surface area contributed by atoms with Gasteiger partial charge in [-0.05, 0) is 23.4 Å². The minimum Gasteiger partial charge on any atom is -0.341 e. The summed E-state index contributed by atoms with van der Waals surface area (Å²) in [4.78, 5) is 13.0. The number of hydrogen-bond donors (Lipinski definition) is 1. The molecular formula is C11H14FNOS. The number of amides is 1. The molecule has 0 radical (unpaired) electrons. The summed E-state index contributed by atoms with van der Waals surface area (Å²) in [6, 6.07) is 6.15. The lowest BCUT2D eigenvalue weighted by molar-refractivity contribution is -0.129. The number of benzene rings is 1. The molecule has 0 saturated heterocycles. The van der Waals surface area contributed by atoms with E-state index in [1.807, 2.05) is 0 Å². The summed E-state index contributed by atoms with van der Waals surface area (Å²) in [5.74, 6) is 0.337. The van der Waals surface area contributed by atoms with Crippen molar-refractivity contribution >= 4 is 18.5 Å². The number of nitrogens with zero attached hydrogens (tertiary/aromatic N) is 1. The van der Waals surface area contributed by atoms with Crippen molar-refractivity contribution in [1.29, 1.82) is 0 Å². The van der Waals surface area contributed by atoms with E-state index in [2.05, 4.69) is 12.6 Å². The first-order chi connectivity index (χ1) is 7.13. The molecule has 0 heterocycles. The minimum absolute atomic E-state index is 0.0503. The number of hydrogen-bond acceptors (Lipinski definition) is 2. The predicted molar refractivity (Wildman–Crippen MR) is 61.3 cm³/mol. The highest BCUT2D eigenvalue weighted by atomic mass is 32.1. The zero-order chi connectivity index (χ0) is 11.3. The summed E-state index contributed by atoms with van der Waals surface area (Å²) in [5, 5.41) is 0. The second-order valence-electron chi connectivity index (χ2n) is 3.35. The van der Waals surface area contributed by atoms with Gasteiger partial charge < -0.3 is 4.90 Å². The molecule has 0 aromatic heterocycles. The molecule has 1 aromatic carbocycles. The molecule has 1 rings (SSSR count). The minimum atomic E-state index is -0.261. The van der Waals surface area contributed by atoms with Gasteiger partial charge in [0.15, 0.2) is 0 Å². The van der Waals surface area contributed by atoms with Crippen LogP contribution in [0.2, 0.25) is 0 Å². The van der Waals surface area contributed by atoms with Crippen LogP contribution in [0, 0.1) is 5.82 Å². The van der Waals surface area contributed by atoms with Crippen LogP contribution < -0.4 is 0 Å². The summed E-state index contributed by atoms with van der Waals surface area (Å²) >= 11 is 4.00. The summed E-state index contributed by atoms with van der Waals surface area (Å²) < 4.78 is 12.6. The third-order valence-electron chi connectivity index (χ3n) is 2.08. The van der Waals surface area contributed by atoms with E-state index in [9.17, 15) is 9.18 Å². The van der Waals surface area contributed by atoms with Crippen molar-refractivity contribution < 1.29 is 9.18 Å². The van der Waals surface area contributed by atoms with Gasteiger partial charge in [0.2, 0.25) is 5.91 Å². The van der Waals surface area contributed by atoms with Crippen LogP contribution in [0.15, 0.2) is 24.3 Å². The number of rotatable bonds is 4. The zero-order valence-corrected chi connectivity index (χ0v) is 9.51. The van der Waals surface area contributed by atoms with Gasteiger partial charge in [0.1, 0.15) is 5.82 Å². The Hall–Kier alpha value is -1.03. The first-order valence-electron chi connectivity index (χ1n) is 4.72. The molecule has 82 valence electrons. The average molecular weight is 227 g/mol. The summed E-state index contributed by atoms with van der Waals surface area (Å²) in [6.07, 6.45) is 0.431. The first kappa shape index (κ1) is 12.0. The van der Waals surface area contributed by atoms with Crippen molar-refractivity contribution in [3.8, 4) is 0 Å². The van der Waals surface area contributed by atoms with Crippen LogP contribution in [-0.4, -0.2) is 23.6 Å². The second-order valence-corrected chi connectivity index (χ2v) is 3.80. The van der Waals surface area contributed by atoms with Gasteiger partial charge >= 0.3 is 0 Å². The number of carbonyl (C=O) groups excluding carboxylic acids is 1. The van der Waals surface area contributed by atoms with Crippen LogP contribution in [0.1, 0.15) is 12.0 Å². The lowest BCUT2D eigenvalue weighted by Crippen LogP contribution is -2.26. The lowest BCUT2D eigenvalue weighted by atomic mass is 10.2. The van der Waals surface area contributed by atoms with Gasteiger partial charge in [-0.1, -0.05) is 12.1 Å². The maximum Gasteiger partial charge on any atom is 0.223 e. The van der Waals surface area contributed by atoms with Crippen molar-refractivity contribution in [1.82, 2.24) is 4.90 Å². The van der Waals surface area contributed by atoms with E-state index in [0.717, 1.165) is 5.56 Å². The van der Waals surface area contributed by atoms with E-state index in [4.69, 9.17) is 0 Å². The van der Waals surface area contributed by atoms with E-state index in [-0.39, 0.29) is 11.7 Å². The fraction of sp³-hybridized carbons (Fsp3) is 0.364. The molecule has 1 aromatic rings. The Kier molecular flexibility index (Phi) is 4.62. The summed E-state index contributed by atoms with van der Waals surface area (Å²) in [7, 11) is 1.73. The van der Waals surface area contributed by atoms with E-state index in [1.54, 1.807) is 24.1 Å². The Morgan fingerprint density at radius 1 is 1.40 bits per heavy atom. The molecule has 0 saturated carbocycles. The van der Waals surface area contributed by atoms with Gasteiger partial charge in [-0.3, -0.25) is 4.79 Å². The lowest BCUT2D eigenvalue weighted by Gasteiger charge is -2.16. The van der Waals surface area contributed by atoms with Crippen LogP contribution in [0.25, 0.3) is 0 Å². The Labute approximate surface area is 94.5 Å². The molecule has 0 aliphatic carbocycles. The molecule has 1 amide bonds. The van der Waals surface area contributed by atoms with Gasteiger partial charge in [0.25, 0.3) is 0 Å². The average Bonchev–Trinajstić information content (AvgIpc) is 2.22. The van der Waals surface area contributed by atoms with Crippen LogP contribution >= 0.6 is 12.6 Å². The molecule has 0 unspecified atom stereocenters. The van der Waals surface area contributed by atoms with E-state index in [1.165, 1.54) is 12.1 Å². The highest BCUT2D eigenvalue weighted by molar-refractivity contribution is 7.80. The van der Waals surface area contributed by atoms with Crippen molar-refractivity contribution in [2.24, 2.45) is 0 Å². The van der Waals surface area contributed by atoms with Crippen LogP contribution in [0.3, 0.4) is 0 Å². The molecule has 0 aliphatic heterocycles. The molecular weight excluding hydrogens is 213 g/mol. The topological polar surface area (TPSA) is 20.3 Å². The number of carbonyl (C=O) groups is 1. The quantitative estimate of drug-likeness (QED) is 0.781. The maximum absolute atomic E-state index is 12.6. The molecule has 2 nitrogen and oxygen atoms in total. The molecule has 0 fully saturated rings. The molecule has 0 atom stereocenters. The molecule has 0 N–H and O–H groups in total. The molecule has 15 heavy (non-hydrogen) atoms. The number of halogens is 1. The molecule has 0 aliphatic rings. The second kappa shape index (κ2) is 5.75. The Balaban J connectivity index is 2.54. The van der Waals surface area contributed by atoms with Crippen molar-refractivity contribution in [3.63, 3.8) is 0 Å². The first-order valence-corrected chi connectivity index (χ1v) is 5.36. The maximum atomic E-state index is 12.6. The summed E-state index contributed by atoms with van der Waals surface area (Å²) in [5.41, 5.74) is 0.923. The van der Waals surface area contributed by atoms with Gasteiger partial charge in [0, 0.05) is 20.0 Å². The summed E-state index contributed by atoms with van der Waals surface area (Å²) in [6.45, 7) is 0.507. The Bertz CT molecular complexity index is 326. The van der Waals surface area contributed by atoms with E-state index >= 15 is 0 Å². The van der Waals surface area contributed by atoms with E-state index in [0.29, 0.717) is 18.7 Å². The van der Waals surface area contributed by atoms with Crippen molar-refractivity contribution in [2.45, 2.75) is 13.0 Å². The third kappa shape index (κ3) is 3.91. The highest BCUT2D eigenvalue weighted by Gasteiger charge is 2.07. The Morgan fingerprint density at radius 2 is 2.00 bits per heavy atom. The zero-order valence-electron chi connectivity index (χ0n) is 8.61. The fourth-order valence-electron chi connectivity index (χ4n) is 1.24. The SMILES string of the molecule is CN(Cc1ccc(F)cc1)C(=O)CCS. The van der Waals surface area contributed by atoms with Crippen LogP contribution in [-0.2, 0) is 11.3 Å². The van der Waals surface area contributed by atoms with Gasteiger partial charge in [-0.15, -0.1) is 0 Å². The monoisotopic (exact) mass is 227 g/mol. The molecule has 0 spiro atoms. The fourth-order valence-corrected chi connectivity index (χ4v) is 1.43. The van der Waals surface area contributed by atoms with Gasteiger partial charge in [0.05, 0.1) is 0 Å². The van der Waals surface area contributed by atoms with Gasteiger partial charge in [-0.2, -0.15) is 12.6 Å². The van der Waals surface area contributed by atoms with Crippen molar-refractivity contribution in [2.75, 3.05) is 12.8 Å². The predicted octanol–water partition coefficient (Wildman–Crippen LogP) is 2.10. The van der Waals surface area contributed by atoms with Crippen LogP contribution in [0.5, 0.6) is 0 Å². The molecule has 4 heteroatoms. The molecule has 0 bridgehead atoms. The third-order valence-corrected chi connectivity index (χ3v) is 2.31. The largest absolute Gasteiger partial charge is 0.341 e. The number of thiol groups is 1. The standard InChI is InChI=1S/C11H14FNOS/c1-13(11(14)6-7-15)8-9-2-4-10(12)5-3-9/h2-5,15H,6-8H2,1H3. The van der Waals surface area contributed by atoms with Crippen LogP contribution in [0.4, 0.5) is 4.39 Å². The van der Waals surface area contributed by atoms with Crippen molar-refractivity contribution in [3.05, 3.63) is 35.6 Å². The van der Waals surface area contributed by atoms with E-state index < -0.39 is 0 Å². The smallest absolute Gasteiger partial charge is 0.223 e. The highest BCUT2D eigenvalue weighted by Crippen LogP contribution is 2.06.